The minimum Gasteiger partial charge on any atom is -0.493 e. The SMILES string of the molecule is CCOc1ccc2ccccc2c1C=NN1C(=O)c2cccc3cc([N+](=O)[O-])cc(c23)C1=O. The highest BCUT2D eigenvalue weighted by atomic mass is 16.6. The highest BCUT2D eigenvalue weighted by Crippen LogP contribution is 2.34. The van der Waals surface area contributed by atoms with Gasteiger partial charge in [-0.15, -0.1) is 0 Å². The molecule has 2 amide bonds. The van der Waals surface area contributed by atoms with Gasteiger partial charge in [-0.25, -0.2) is 0 Å². The smallest absolute Gasteiger partial charge is 0.282 e. The second kappa shape index (κ2) is 7.83. The molecule has 0 spiro atoms. The van der Waals surface area contributed by atoms with Crippen LogP contribution in [0.3, 0.4) is 0 Å². The van der Waals surface area contributed by atoms with Crippen molar-refractivity contribution in [2.75, 3.05) is 6.61 Å². The van der Waals surface area contributed by atoms with Crippen molar-refractivity contribution in [3.05, 3.63) is 93.5 Å². The van der Waals surface area contributed by atoms with Gasteiger partial charge < -0.3 is 4.74 Å². The third-order valence-electron chi connectivity index (χ3n) is 5.55. The van der Waals surface area contributed by atoms with E-state index in [0.717, 1.165) is 15.8 Å². The molecule has 0 unspecified atom stereocenters. The molecule has 0 N–H and O–H groups in total. The number of hydrazone groups is 1. The summed E-state index contributed by atoms with van der Waals surface area (Å²) in [5.74, 6) is -0.752. The molecule has 8 nitrogen and oxygen atoms in total. The molecule has 4 aromatic carbocycles. The fourth-order valence-corrected chi connectivity index (χ4v) is 4.10. The molecule has 0 aliphatic carbocycles. The molecule has 8 heteroatoms. The number of ether oxygens (including phenoxy) is 1. The number of amides is 2. The molecule has 0 atom stereocenters. The fraction of sp³-hybridized carbons (Fsp3) is 0.0800. The van der Waals surface area contributed by atoms with Crippen molar-refractivity contribution in [2.24, 2.45) is 5.10 Å². The van der Waals surface area contributed by atoms with Crippen LogP contribution in [-0.2, 0) is 0 Å². The Morgan fingerprint density at radius 3 is 2.52 bits per heavy atom. The summed E-state index contributed by atoms with van der Waals surface area (Å²) in [6.45, 7) is 2.29. The largest absolute Gasteiger partial charge is 0.493 e. The summed E-state index contributed by atoms with van der Waals surface area (Å²) in [6.07, 6.45) is 1.42. The number of non-ortho nitro benzene ring substituents is 1. The van der Waals surface area contributed by atoms with Crippen molar-refractivity contribution < 1.29 is 19.2 Å². The number of fused-ring (bicyclic) bond motifs is 1. The Morgan fingerprint density at radius 1 is 0.970 bits per heavy atom. The summed E-state index contributed by atoms with van der Waals surface area (Å²) >= 11 is 0. The third-order valence-corrected chi connectivity index (χ3v) is 5.55. The van der Waals surface area contributed by atoms with Gasteiger partial charge in [0, 0.05) is 23.1 Å². The van der Waals surface area contributed by atoms with Gasteiger partial charge in [0.1, 0.15) is 5.75 Å². The maximum absolute atomic E-state index is 13.2. The number of rotatable bonds is 5. The van der Waals surface area contributed by atoms with E-state index in [9.17, 15) is 19.7 Å². The number of hydrogen-bond donors (Lipinski definition) is 0. The van der Waals surface area contributed by atoms with E-state index in [1.165, 1.54) is 18.3 Å². The van der Waals surface area contributed by atoms with E-state index in [4.69, 9.17) is 4.74 Å². The second-order valence-electron chi connectivity index (χ2n) is 7.45. The molecular weight excluding hydrogens is 422 g/mol. The van der Waals surface area contributed by atoms with Gasteiger partial charge in [-0.2, -0.15) is 10.1 Å². The minimum atomic E-state index is -0.721. The van der Waals surface area contributed by atoms with Gasteiger partial charge in [-0.05, 0) is 35.2 Å². The Hall–Kier alpha value is -4.59. The molecule has 5 rings (SSSR count). The van der Waals surface area contributed by atoms with E-state index >= 15 is 0 Å². The van der Waals surface area contributed by atoms with Crippen molar-refractivity contribution in [2.45, 2.75) is 6.92 Å². The first-order valence-corrected chi connectivity index (χ1v) is 10.3. The van der Waals surface area contributed by atoms with Crippen molar-refractivity contribution in [1.82, 2.24) is 5.01 Å². The van der Waals surface area contributed by atoms with Crippen LogP contribution in [0, 0.1) is 10.1 Å². The summed E-state index contributed by atoms with van der Waals surface area (Å²) in [7, 11) is 0. The predicted molar refractivity (Wildman–Crippen MR) is 124 cm³/mol. The lowest BCUT2D eigenvalue weighted by atomic mass is 9.94. The predicted octanol–water partition coefficient (Wildman–Crippen LogP) is 4.93. The lowest BCUT2D eigenvalue weighted by molar-refractivity contribution is -0.384. The molecule has 162 valence electrons. The van der Waals surface area contributed by atoms with Crippen molar-refractivity contribution in [1.29, 1.82) is 0 Å². The van der Waals surface area contributed by atoms with Gasteiger partial charge in [-0.1, -0.05) is 42.5 Å². The van der Waals surface area contributed by atoms with E-state index in [2.05, 4.69) is 5.10 Å². The Morgan fingerprint density at radius 2 is 1.73 bits per heavy atom. The maximum atomic E-state index is 13.2. The Balaban J connectivity index is 1.65. The van der Waals surface area contributed by atoms with Gasteiger partial charge in [0.2, 0.25) is 0 Å². The monoisotopic (exact) mass is 439 g/mol. The molecule has 0 saturated carbocycles. The summed E-state index contributed by atoms with van der Waals surface area (Å²) in [6, 6.07) is 18.7. The number of nitro benzene ring substituents is 1. The number of nitrogens with zero attached hydrogens (tertiary/aromatic N) is 3. The molecule has 33 heavy (non-hydrogen) atoms. The quantitative estimate of drug-likeness (QED) is 0.190. The van der Waals surface area contributed by atoms with Crippen LogP contribution in [0.1, 0.15) is 33.2 Å². The van der Waals surface area contributed by atoms with Crippen LogP contribution in [0.4, 0.5) is 5.69 Å². The average molecular weight is 439 g/mol. The van der Waals surface area contributed by atoms with Crippen LogP contribution in [-0.4, -0.2) is 34.6 Å². The second-order valence-corrected chi connectivity index (χ2v) is 7.45. The van der Waals surface area contributed by atoms with Crippen molar-refractivity contribution in [3.63, 3.8) is 0 Å². The average Bonchev–Trinajstić information content (AvgIpc) is 2.83. The van der Waals surface area contributed by atoms with E-state index in [-0.39, 0.29) is 16.8 Å². The Labute approximate surface area is 187 Å². The highest BCUT2D eigenvalue weighted by Gasteiger charge is 2.34. The third kappa shape index (κ3) is 3.28. The molecule has 0 saturated heterocycles. The normalized spacial score (nSPS) is 13.3. The van der Waals surface area contributed by atoms with Gasteiger partial charge in [0.15, 0.2) is 0 Å². The van der Waals surface area contributed by atoms with Crippen LogP contribution in [0.25, 0.3) is 21.5 Å². The molecule has 0 aromatic heterocycles. The zero-order chi connectivity index (χ0) is 23.1. The first-order chi connectivity index (χ1) is 16.0. The standard InChI is InChI=1S/C25H17N3O5/c1-2-33-22-11-10-15-6-3-4-8-18(15)21(22)14-26-27-24(29)19-9-5-7-16-12-17(28(31)32)13-20(23(16)19)25(27)30/h3-14H,2H2,1H3. The summed E-state index contributed by atoms with van der Waals surface area (Å²) in [5.41, 5.74) is 0.721. The van der Waals surface area contributed by atoms with E-state index in [1.54, 1.807) is 18.2 Å². The topological polar surface area (TPSA) is 102 Å². The number of carbonyl (C=O) groups is 2. The molecule has 0 fully saturated rings. The van der Waals surface area contributed by atoms with Gasteiger partial charge >= 0.3 is 0 Å². The summed E-state index contributed by atoms with van der Waals surface area (Å²) in [4.78, 5) is 37.2. The molecule has 0 bridgehead atoms. The molecular formula is C25H17N3O5. The molecule has 1 aliphatic heterocycles. The zero-order valence-electron chi connectivity index (χ0n) is 17.5. The first kappa shape index (κ1) is 20.3. The molecule has 1 aliphatic rings. The summed E-state index contributed by atoms with van der Waals surface area (Å²) in [5, 5.41) is 19.0. The fourth-order valence-electron chi connectivity index (χ4n) is 4.10. The Bertz CT molecular complexity index is 1510. The van der Waals surface area contributed by atoms with Crippen LogP contribution >= 0.6 is 0 Å². The molecule has 1 heterocycles. The van der Waals surface area contributed by atoms with Crippen molar-refractivity contribution in [3.8, 4) is 5.75 Å². The minimum absolute atomic E-state index is 0.0644. The lowest BCUT2D eigenvalue weighted by Crippen LogP contribution is -2.36. The van der Waals surface area contributed by atoms with Crippen molar-refractivity contribution >= 4 is 45.3 Å². The van der Waals surface area contributed by atoms with Crippen LogP contribution in [0.5, 0.6) is 5.75 Å². The number of carbonyl (C=O) groups excluding carboxylic acids is 2. The highest BCUT2D eigenvalue weighted by molar-refractivity contribution is 6.26. The van der Waals surface area contributed by atoms with Crippen LogP contribution in [0.15, 0.2) is 71.8 Å². The van der Waals surface area contributed by atoms with Crippen LogP contribution < -0.4 is 4.74 Å². The van der Waals surface area contributed by atoms with E-state index in [1.807, 2.05) is 43.3 Å². The zero-order valence-corrected chi connectivity index (χ0v) is 17.5. The molecule has 4 aromatic rings. The Kier molecular flexibility index (Phi) is 4.82. The van der Waals surface area contributed by atoms with Gasteiger partial charge in [-0.3, -0.25) is 19.7 Å². The van der Waals surface area contributed by atoms with E-state index in [0.29, 0.717) is 28.7 Å². The lowest BCUT2D eigenvalue weighted by Gasteiger charge is -2.23. The maximum Gasteiger partial charge on any atom is 0.282 e. The van der Waals surface area contributed by atoms with Gasteiger partial charge in [0.25, 0.3) is 17.5 Å². The number of nitro groups is 1. The number of hydrogen-bond acceptors (Lipinski definition) is 6. The van der Waals surface area contributed by atoms with Crippen LogP contribution in [0.2, 0.25) is 0 Å². The number of benzene rings is 4. The summed E-state index contributed by atoms with van der Waals surface area (Å²) < 4.78 is 5.73. The molecule has 0 radical (unpaired) electrons. The number of imide groups is 1. The first-order valence-electron chi connectivity index (χ1n) is 10.3. The van der Waals surface area contributed by atoms with E-state index < -0.39 is 16.7 Å². The van der Waals surface area contributed by atoms with Gasteiger partial charge in [0.05, 0.1) is 28.9 Å².